The van der Waals surface area contributed by atoms with Gasteiger partial charge in [0, 0.05) is 50.4 Å². The summed E-state index contributed by atoms with van der Waals surface area (Å²) in [5.74, 6) is -0.529. The van der Waals surface area contributed by atoms with Gasteiger partial charge >= 0.3 is 6.36 Å². The molecule has 1 saturated heterocycles. The number of amides is 1. The van der Waals surface area contributed by atoms with E-state index in [1.807, 2.05) is 0 Å². The van der Waals surface area contributed by atoms with Crippen molar-refractivity contribution in [2.45, 2.75) is 31.8 Å². The number of anilines is 1. The second-order valence-electron chi connectivity index (χ2n) is 8.17. The molecular formula is C22H23F3N4O4. The molecule has 11 heteroatoms. The molecule has 1 N–H and O–H groups in total. The molecule has 0 bridgehead atoms. The van der Waals surface area contributed by atoms with Crippen LogP contribution in [0.15, 0.2) is 42.5 Å². The Morgan fingerprint density at radius 2 is 1.76 bits per heavy atom. The van der Waals surface area contributed by atoms with Gasteiger partial charge in [0.05, 0.1) is 4.92 Å². The van der Waals surface area contributed by atoms with Crippen molar-refractivity contribution in [1.29, 1.82) is 0 Å². The maximum Gasteiger partial charge on any atom is 0.573 e. The molecule has 8 nitrogen and oxygen atoms in total. The van der Waals surface area contributed by atoms with Crippen molar-refractivity contribution in [1.82, 2.24) is 9.80 Å². The van der Waals surface area contributed by atoms with Gasteiger partial charge in [-0.1, -0.05) is 12.1 Å². The minimum Gasteiger partial charge on any atom is -0.406 e. The summed E-state index contributed by atoms with van der Waals surface area (Å²) in [5.41, 5.74) is 1.43. The minimum atomic E-state index is -4.72. The Labute approximate surface area is 188 Å². The van der Waals surface area contributed by atoms with Gasteiger partial charge in [-0.3, -0.25) is 19.8 Å². The summed E-state index contributed by atoms with van der Waals surface area (Å²) >= 11 is 0. The molecule has 1 aliphatic heterocycles. The average molecular weight is 464 g/mol. The second kappa shape index (κ2) is 9.26. The largest absolute Gasteiger partial charge is 0.573 e. The van der Waals surface area contributed by atoms with E-state index in [1.54, 1.807) is 29.2 Å². The van der Waals surface area contributed by atoms with E-state index in [4.69, 9.17) is 0 Å². The smallest absolute Gasteiger partial charge is 0.406 e. The molecule has 1 saturated carbocycles. The first-order chi connectivity index (χ1) is 15.7. The van der Waals surface area contributed by atoms with E-state index in [9.17, 15) is 28.1 Å². The maximum absolute atomic E-state index is 12.9. The highest BCUT2D eigenvalue weighted by atomic mass is 19.4. The van der Waals surface area contributed by atoms with Gasteiger partial charge in [0.15, 0.2) is 0 Å². The second-order valence-corrected chi connectivity index (χ2v) is 8.17. The number of nitro groups is 1. The lowest BCUT2D eigenvalue weighted by Gasteiger charge is -2.34. The summed E-state index contributed by atoms with van der Waals surface area (Å²) in [6.07, 6.45) is -2.76. The third kappa shape index (κ3) is 6.13. The Kier molecular flexibility index (Phi) is 6.41. The van der Waals surface area contributed by atoms with Crippen LogP contribution >= 0.6 is 0 Å². The highest BCUT2D eigenvalue weighted by Crippen LogP contribution is 2.32. The molecule has 1 aliphatic carbocycles. The van der Waals surface area contributed by atoms with Crippen molar-refractivity contribution in [2.24, 2.45) is 0 Å². The summed E-state index contributed by atoms with van der Waals surface area (Å²) in [4.78, 5) is 27.6. The van der Waals surface area contributed by atoms with Crippen LogP contribution < -0.4 is 10.1 Å². The van der Waals surface area contributed by atoms with E-state index in [0.29, 0.717) is 38.4 Å². The van der Waals surface area contributed by atoms with E-state index in [0.717, 1.165) is 18.4 Å². The molecule has 2 aromatic rings. The fraction of sp³-hybridized carbons (Fsp3) is 0.409. The van der Waals surface area contributed by atoms with Crippen LogP contribution in [0.3, 0.4) is 0 Å². The Morgan fingerprint density at radius 1 is 1.09 bits per heavy atom. The minimum absolute atomic E-state index is 0.107. The number of nitrogens with zero attached hydrogens (tertiary/aromatic N) is 3. The normalized spacial score (nSPS) is 17.0. The first-order valence-corrected chi connectivity index (χ1v) is 10.6. The van der Waals surface area contributed by atoms with E-state index in [1.165, 1.54) is 18.2 Å². The number of rotatable bonds is 7. The van der Waals surface area contributed by atoms with Gasteiger partial charge in [0.25, 0.3) is 11.6 Å². The maximum atomic E-state index is 12.9. The molecule has 0 unspecified atom stereocenters. The van der Waals surface area contributed by atoms with Crippen molar-refractivity contribution in [3.63, 3.8) is 0 Å². The Bertz CT molecular complexity index is 1020. The van der Waals surface area contributed by atoms with Crippen LogP contribution in [0.2, 0.25) is 0 Å². The van der Waals surface area contributed by atoms with E-state index in [-0.39, 0.29) is 28.9 Å². The molecule has 33 heavy (non-hydrogen) atoms. The van der Waals surface area contributed by atoms with Gasteiger partial charge in [-0.15, -0.1) is 13.2 Å². The van der Waals surface area contributed by atoms with E-state index >= 15 is 0 Å². The zero-order valence-corrected chi connectivity index (χ0v) is 17.7. The lowest BCUT2D eigenvalue weighted by molar-refractivity contribution is -0.384. The van der Waals surface area contributed by atoms with Crippen LogP contribution in [0.5, 0.6) is 5.75 Å². The molecular weight excluding hydrogens is 441 g/mol. The highest BCUT2D eigenvalue weighted by Gasteiger charge is 2.31. The van der Waals surface area contributed by atoms with Gasteiger partial charge in [0.1, 0.15) is 11.4 Å². The van der Waals surface area contributed by atoms with E-state index < -0.39 is 11.3 Å². The molecule has 176 valence electrons. The monoisotopic (exact) mass is 464 g/mol. The number of carbonyl (C=O) groups is 1. The number of halogens is 3. The molecule has 0 atom stereocenters. The van der Waals surface area contributed by atoms with Crippen LogP contribution in [0.4, 0.5) is 24.5 Å². The average Bonchev–Trinajstić information content (AvgIpc) is 3.58. The molecule has 2 fully saturated rings. The molecule has 0 aromatic heterocycles. The highest BCUT2D eigenvalue weighted by molar-refractivity contribution is 5.95. The number of alkyl halides is 3. The van der Waals surface area contributed by atoms with Crippen molar-refractivity contribution < 1.29 is 27.6 Å². The molecule has 0 spiro atoms. The molecule has 4 rings (SSSR count). The third-order valence-electron chi connectivity index (χ3n) is 5.60. The summed E-state index contributed by atoms with van der Waals surface area (Å²) in [7, 11) is 0. The number of benzene rings is 2. The number of nitrogens with one attached hydrogen (secondary N) is 1. The zero-order valence-electron chi connectivity index (χ0n) is 17.7. The topological polar surface area (TPSA) is 87.9 Å². The van der Waals surface area contributed by atoms with Gasteiger partial charge in [-0.2, -0.15) is 0 Å². The standard InChI is InChI=1S/C22H23F3N4O4/c23-22(24,25)33-18-6-1-15(2-7-18)14-27-9-11-28(12-10-27)21(30)16-3-8-19(26-17-4-5-17)20(13-16)29(31)32/h1-3,6-8,13,17,26H,4-5,9-12,14H2. The fourth-order valence-corrected chi connectivity index (χ4v) is 3.73. The Morgan fingerprint density at radius 3 is 2.33 bits per heavy atom. The summed E-state index contributed by atoms with van der Waals surface area (Å²) in [5, 5.41) is 14.6. The molecule has 0 radical (unpaired) electrons. The lowest BCUT2D eigenvalue weighted by Crippen LogP contribution is -2.48. The van der Waals surface area contributed by atoms with E-state index in [2.05, 4.69) is 15.0 Å². The Hall–Kier alpha value is -3.34. The molecule has 1 heterocycles. The van der Waals surface area contributed by atoms with Gasteiger partial charge in [-0.05, 0) is 42.7 Å². The number of piperazine rings is 1. The van der Waals surface area contributed by atoms with Crippen LogP contribution in [0.25, 0.3) is 0 Å². The number of hydrogen-bond acceptors (Lipinski definition) is 6. The first kappa shape index (κ1) is 22.8. The quantitative estimate of drug-likeness (QED) is 0.492. The summed E-state index contributed by atoms with van der Waals surface area (Å²) in [6, 6.07) is 10.5. The van der Waals surface area contributed by atoms with Crippen LogP contribution in [-0.2, 0) is 6.54 Å². The number of hydrogen-bond donors (Lipinski definition) is 1. The Balaban J connectivity index is 1.32. The van der Waals surface area contributed by atoms with Crippen LogP contribution in [-0.4, -0.2) is 59.2 Å². The first-order valence-electron chi connectivity index (χ1n) is 10.6. The number of carbonyl (C=O) groups excluding carboxylic acids is 1. The van der Waals surface area contributed by atoms with Crippen molar-refractivity contribution >= 4 is 17.3 Å². The SMILES string of the molecule is O=C(c1ccc(NC2CC2)c([N+](=O)[O-])c1)N1CCN(Cc2ccc(OC(F)(F)F)cc2)CC1. The van der Waals surface area contributed by atoms with Crippen LogP contribution in [0.1, 0.15) is 28.8 Å². The molecule has 1 amide bonds. The van der Waals surface area contributed by atoms with Gasteiger partial charge in [0.2, 0.25) is 0 Å². The van der Waals surface area contributed by atoms with Gasteiger partial charge in [-0.25, -0.2) is 0 Å². The molecule has 2 aromatic carbocycles. The van der Waals surface area contributed by atoms with Crippen molar-refractivity contribution in [3.05, 3.63) is 63.7 Å². The fourth-order valence-electron chi connectivity index (χ4n) is 3.73. The predicted octanol–water partition coefficient (Wildman–Crippen LogP) is 4.03. The summed E-state index contributed by atoms with van der Waals surface area (Å²) in [6.45, 7) is 2.58. The number of ether oxygens (including phenoxy) is 1. The zero-order chi connectivity index (χ0) is 23.6. The molecule has 2 aliphatic rings. The van der Waals surface area contributed by atoms with Gasteiger partial charge < -0.3 is 15.0 Å². The number of nitro benzene ring substituents is 1. The third-order valence-corrected chi connectivity index (χ3v) is 5.60. The van der Waals surface area contributed by atoms with Crippen LogP contribution in [0, 0.1) is 10.1 Å². The van der Waals surface area contributed by atoms with Crippen molar-refractivity contribution in [2.75, 3.05) is 31.5 Å². The van der Waals surface area contributed by atoms with Crippen molar-refractivity contribution in [3.8, 4) is 5.75 Å². The summed E-state index contributed by atoms with van der Waals surface area (Å²) < 4.78 is 40.7. The predicted molar refractivity (Wildman–Crippen MR) is 114 cm³/mol. The lowest BCUT2D eigenvalue weighted by atomic mass is 10.1.